The van der Waals surface area contributed by atoms with Crippen LogP contribution in [0.5, 0.6) is 11.5 Å². The average molecular weight is 303 g/mol. The molecule has 7 nitrogen and oxygen atoms in total. The van der Waals surface area contributed by atoms with Gasteiger partial charge in [0.2, 0.25) is 0 Å². The van der Waals surface area contributed by atoms with E-state index in [2.05, 4.69) is 15.8 Å². The average Bonchev–Trinajstić information content (AvgIpc) is 2.84. The highest BCUT2D eigenvalue weighted by Crippen LogP contribution is 2.30. The summed E-state index contributed by atoms with van der Waals surface area (Å²) in [4.78, 5) is 11.9. The topological polar surface area (TPSA) is 85.6 Å². The molecule has 0 spiro atoms. The maximum atomic E-state index is 11.9. The summed E-state index contributed by atoms with van der Waals surface area (Å²) in [5.74, 6) is 1.98. The number of hydrogen-bond acceptors (Lipinski definition) is 5. The Hall–Kier alpha value is -2.70. The molecule has 22 heavy (non-hydrogen) atoms. The van der Waals surface area contributed by atoms with E-state index in [1.807, 2.05) is 24.3 Å². The molecule has 0 unspecified atom stereocenters. The molecule has 7 heteroatoms. The lowest BCUT2D eigenvalue weighted by Gasteiger charge is -2.26. The minimum absolute atomic E-state index is 0.231. The molecule has 2 amide bonds. The highest BCUT2D eigenvalue weighted by atomic mass is 16.6. The summed E-state index contributed by atoms with van der Waals surface area (Å²) in [6.07, 6.45) is -0.231. The Morgan fingerprint density at radius 3 is 2.82 bits per heavy atom. The number of benzene rings is 1. The first kappa shape index (κ1) is 14.2. The summed E-state index contributed by atoms with van der Waals surface area (Å²) in [6.45, 7) is 4.23. The number of carbonyl (C=O) groups excluding carboxylic acids is 1. The van der Waals surface area contributed by atoms with Crippen molar-refractivity contribution in [2.75, 3.05) is 18.5 Å². The van der Waals surface area contributed by atoms with E-state index >= 15 is 0 Å². The van der Waals surface area contributed by atoms with Crippen molar-refractivity contribution in [1.29, 1.82) is 0 Å². The molecule has 0 fully saturated rings. The molecule has 2 aromatic rings. The second-order valence-electron chi connectivity index (χ2n) is 5.03. The van der Waals surface area contributed by atoms with E-state index in [-0.39, 0.29) is 12.1 Å². The van der Waals surface area contributed by atoms with Gasteiger partial charge >= 0.3 is 6.03 Å². The summed E-state index contributed by atoms with van der Waals surface area (Å²) in [5, 5.41) is 9.25. The quantitative estimate of drug-likeness (QED) is 0.908. The number of fused-ring (bicyclic) bond motifs is 1. The van der Waals surface area contributed by atoms with E-state index in [9.17, 15) is 4.79 Å². The minimum atomic E-state index is -0.336. The zero-order chi connectivity index (χ0) is 15.5. The van der Waals surface area contributed by atoms with Gasteiger partial charge in [-0.05, 0) is 26.0 Å². The number of para-hydroxylation sites is 2. The van der Waals surface area contributed by atoms with Gasteiger partial charge in [0.25, 0.3) is 0 Å². The molecule has 2 N–H and O–H groups in total. The smallest absolute Gasteiger partial charge is 0.319 e. The number of ether oxygens (including phenoxy) is 2. The van der Waals surface area contributed by atoms with Gasteiger partial charge in [-0.3, -0.25) is 0 Å². The first-order chi connectivity index (χ1) is 10.6. The molecule has 0 bridgehead atoms. The number of nitrogens with one attached hydrogen (secondary N) is 2. The largest absolute Gasteiger partial charge is 0.486 e. The van der Waals surface area contributed by atoms with Gasteiger partial charge in [-0.2, -0.15) is 0 Å². The van der Waals surface area contributed by atoms with Gasteiger partial charge < -0.3 is 24.6 Å². The van der Waals surface area contributed by atoms with Crippen molar-refractivity contribution in [1.82, 2.24) is 10.5 Å². The monoisotopic (exact) mass is 303 g/mol. The first-order valence-corrected chi connectivity index (χ1v) is 6.99. The number of anilines is 1. The minimum Gasteiger partial charge on any atom is -0.486 e. The SMILES string of the molecule is Cc1noc(C)c1NC(=O)NC[C@H]1COc2ccccc2O1. The number of aryl methyl sites for hydroxylation is 2. The van der Waals surface area contributed by atoms with Crippen molar-refractivity contribution in [2.45, 2.75) is 20.0 Å². The highest BCUT2D eigenvalue weighted by molar-refractivity contribution is 5.90. The molecule has 1 aromatic carbocycles. The van der Waals surface area contributed by atoms with Crippen molar-refractivity contribution in [3.05, 3.63) is 35.7 Å². The van der Waals surface area contributed by atoms with Gasteiger partial charge in [0.05, 0.1) is 6.54 Å². The maximum absolute atomic E-state index is 11.9. The molecule has 1 aliphatic heterocycles. The zero-order valence-electron chi connectivity index (χ0n) is 12.4. The molecule has 1 aromatic heterocycles. The van der Waals surface area contributed by atoms with Crippen molar-refractivity contribution in [3.8, 4) is 11.5 Å². The van der Waals surface area contributed by atoms with Gasteiger partial charge in [-0.25, -0.2) is 4.79 Å². The van der Waals surface area contributed by atoms with Crippen LogP contribution >= 0.6 is 0 Å². The molecular weight excluding hydrogens is 286 g/mol. The van der Waals surface area contributed by atoms with E-state index in [1.54, 1.807) is 13.8 Å². The Balaban J connectivity index is 1.52. The Kier molecular flexibility index (Phi) is 3.86. The van der Waals surface area contributed by atoms with Gasteiger partial charge in [-0.15, -0.1) is 0 Å². The summed E-state index contributed by atoms with van der Waals surface area (Å²) < 4.78 is 16.3. The Morgan fingerprint density at radius 1 is 1.32 bits per heavy atom. The molecular formula is C15H17N3O4. The number of urea groups is 1. The molecule has 0 radical (unpaired) electrons. The second-order valence-corrected chi connectivity index (χ2v) is 5.03. The van der Waals surface area contributed by atoms with E-state index < -0.39 is 0 Å². The summed E-state index contributed by atoms with van der Waals surface area (Å²) in [7, 11) is 0. The third-order valence-electron chi connectivity index (χ3n) is 3.33. The van der Waals surface area contributed by atoms with Crippen LogP contribution in [0.4, 0.5) is 10.5 Å². The fourth-order valence-corrected chi connectivity index (χ4v) is 2.19. The Morgan fingerprint density at radius 2 is 2.09 bits per heavy atom. The molecule has 0 saturated carbocycles. The van der Waals surface area contributed by atoms with Crippen LogP contribution in [0.15, 0.2) is 28.8 Å². The third-order valence-corrected chi connectivity index (χ3v) is 3.33. The Bertz CT molecular complexity index is 664. The van der Waals surface area contributed by atoms with Gasteiger partial charge in [0.15, 0.2) is 23.4 Å². The van der Waals surface area contributed by atoms with E-state index in [0.29, 0.717) is 36.0 Å². The molecule has 116 valence electrons. The van der Waals surface area contributed by atoms with E-state index in [1.165, 1.54) is 0 Å². The van der Waals surface area contributed by atoms with Crippen LogP contribution < -0.4 is 20.1 Å². The predicted molar refractivity (Wildman–Crippen MR) is 79.4 cm³/mol. The summed E-state index contributed by atoms with van der Waals surface area (Å²) in [5.41, 5.74) is 1.22. The van der Waals surface area contributed by atoms with Crippen molar-refractivity contribution >= 4 is 11.7 Å². The third kappa shape index (κ3) is 2.98. The van der Waals surface area contributed by atoms with Crippen LogP contribution in [-0.4, -0.2) is 30.4 Å². The molecule has 1 atom stereocenters. The van der Waals surface area contributed by atoms with Crippen LogP contribution in [0.2, 0.25) is 0 Å². The number of nitrogens with zero attached hydrogens (tertiary/aromatic N) is 1. The standard InChI is InChI=1S/C15H17N3O4/c1-9-14(10(2)22-18-9)17-15(19)16-7-11-8-20-12-5-3-4-6-13(12)21-11/h3-6,11H,7-8H2,1-2H3,(H2,16,17,19)/t11-/m0/s1. The lowest BCUT2D eigenvalue weighted by molar-refractivity contribution is 0.0922. The van der Waals surface area contributed by atoms with E-state index in [4.69, 9.17) is 14.0 Å². The number of amides is 2. The van der Waals surface area contributed by atoms with Crippen LogP contribution in [-0.2, 0) is 0 Å². The molecule has 3 rings (SSSR count). The fourth-order valence-electron chi connectivity index (χ4n) is 2.19. The molecule has 0 saturated heterocycles. The van der Waals surface area contributed by atoms with Crippen molar-refractivity contribution in [2.24, 2.45) is 0 Å². The summed E-state index contributed by atoms with van der Waals surface area (Å²) in [6, 6.07) is 7.12. The van der Waals surface area contributed by atoms with Crippen LogP contribution in [0.3, 0.4) is 0 Å². The van der Waals surface area contributed by atoms with Crippen LogP contribution in [0.1, 0.15) is 11.5 Å². The lowest BCUT2D eigenvalue weighted by Crippen LogP contribution is -2.42. The number of carbonyl (C=O) groups is 1. The lowest BCUT2D eigenvalue weighted by atomic mass is 10.2. The molecule has 1 aliphatic rings. The highest BCUT2D eigenvalue weighted by Gasteiger charge is 2.21. The number of aromatic nitrogens is 1. The second kappa shape index (κ2) is 5.97. The maximum Gasteiger partial charge on any atom is 0.319 e. The zero-order valence-corrected chi connectivity index (χ0v) is 12.4. The molecule has 0 aliphatic carbocycles. The Labute approximate surface area is 127 Å². The van der Waals surface area contributed by atoms with Gasteiger partial charge in [0, 0.05) is 0 Å². The van der Waals surface area contributed by atoms with Gasteiger partial charge in [-0.1, -0.05) is 17.3 Å². The van der Waals surface area contributed by atoms with Crippen LogP contribution in [0, 0.1) is 13.8 Å². The normalized spacial score (nSPS) is 16.2. The van der Waals surface area contributed by atoms with Gasteiger partial charge in [0.1, 0.15) is 18.0 Å². The van der Waals surface area contributed by atoms with Crippen molar-refractivity contribution < 1.29 is 18.8 Å². The van der Waals surface area contributed by atoms with E-state index in [0.717, 1.165) is 5.75 Å². The predicted octanol–water partition coefficient (Wildman–Crippen LogP) is 2.25. The first-order valence-electron chi connectivity index (χ1n) is 6.99. The number of hydrogen-bond donors (Lipinski definition) is 2. The van der Waals surface area contributed by atoms with Crippen LogP contribution in [0.25, 0.3) is 0 Å². The fraction of sp³-hybridized carbons (Fsp3) is 0.333. The van der Waals surface area contributed by atoms with Crippen molar-refractivity contribution in [3.63, 3.8) is 0 Å². The number of rotatable bonds is 3. The summed E-state index contributed by atoms with van der Waals surface area (Å²) >= 11 is 0. The molecule has 2 heterocycles.